The van der Waals surface area contributed by atoms with Gasteiger partial charge < -0.3 is 4.74 Å². The smallest absolute Gasteiger partial charge is 0.167 e. The van der Waals surface area contributed by atoms with Crippen molar-refractivity contribution in [3.05, 3.63) is 34.6 Å². The lowest BCUT2D eigenvalue weighted by Gasteiger charge is -2.06. The van der Waals surface area contributed by atoms with Gasteiger partial charge in [-0.2, -0.15) is 0 Å². The third-order valence-corrected chi connectivity index (χ3v) is 1.72. The molecule has 0 heterocycles. The van der Waals surface area contributed by atoms with Gasteiger partial charge in [0, 0.05) is 7.11 Å². The molecule has 0 aromatic heterocycles. The van der Waals surface area contributed by atoms with Gasteiger partial charge in [0.25, 0.3) is 0 Å². The summed E-state index contributed by atoms with van der Waals surface area (Å²) in [6, 6.07) is 0.951. The molecule has 4 heteroatoms. The lowest BCUT2D eigenvalue weighted by atomic mass is 10.1. The summed E-state index contributed by atoms with van der Waals surface area (Å²) in [7, 11) is 1.29. The van der Waals surface area contributed by atoms with E-state index in [1.807, 2.05) is 0 Å². The Morgan fingerprint density at radius 1 is 1.23 bits per heavy atom. The molecule has 0 saturated heterocycles. The molecule has 0 radical (unpaired) electrons. The van der Waals surface area contributed by atoms with Gasteiger partial charge in [0.05, 0.1) is 12.2 Å². The molecule has 0 aliphatic rings. The third-order valence-electron chi connectivity index (χ3n) is 1.72. The van der Waals surface area contributed by atoms with E-state index in [9.17, 15) is 13.2 Å². The van der Waals surface area contributed by atoms with E-state index >= 15 is 0 Å². The van der Waals surface area contributed by atoms with Crippen molar-refractivity contribution < 1.29 is 17.9 Å². The Morgan fingerprint density at radius 3 is 2.38 bits per heavy atom. The standard InChI is InChI=1S/C9H9F3O/c1-5-3-7(10)6(4-13-2)9(12)8(5)11/h3H,4H2,1-2H3. The highest BCUT2D eigenvalue weighted by Gasteiger charge is 2.15. The molecule has 13 heavy (non-hydrogen) atoms. The molecule has 0 unspecified atom stereocenters. The average Bonchev–Trinajstić information content (AvgIpc) is 2.09. The van der Waals surface area contributed by atoms with Crippen LogP contribution in [0.25, 0.3) is 0 Å². The summed E-state index contributed by atoms with van der Waals surface area (Å²) in [5, 5.41) is 0. The number of hydrogen-bond acceptors (Lipinski definition) is 1. The molecular formula is C9H9F3O. The van der Waals surface area contributed by atoms with Crippen molar-refractivity contribution in [2.45, 2.75) is 13.5 Å². The van der Waals surface area contributed by atoms with Gasteiger partial charge in [-0.05, 0) is 18.6 Å². The van der Waals surface area contributed by atoms with Crippen molar-refractivity contribution >= 4 is 0 Å². The van der Waals surface area contributed by atoms with Gasteiger partial charge in [0.15, 0.2) is 11.6 Å². The molecule has 1 aromatic rings. The number of methoxy groups -OCH3 is 1. The first-order valence-electron chi connectivity index (χ1n) is 3.69. The van der Waals surface area contributed by atoms with Gasteiger partial charge in [-0.25, -0.2) is 13.2 Å². The first-order valence-corrected chi connectivity index (χ1v) is 3.69. The molecule has 0 spiro atoms. The fourth-order valence-corrected chi connectivity index (χ4v) is 1.03. The van der Waals surface area contributed by atoms with E-state index in [0.717, 1.165) is 6.07 Å². The van der Waals surface area contributed by atoms with E-state index < -0.39 is 17.5 Å². The highest BCUT2D eigenvalue weighted by molar-refractivity contribution is 5.26. The molecule has 1 aromatic carbocycles. The quantitative estimate of drug-likeness (QED) is 0.651. The molecule has 0 saturated carbocycles. The lowest BCUT2D eigenvalue weighted by Crippen LogP contribution is -2.02. The molecule has 0 bridgehead atoms. The minimum atomic E-state index is -1.17. The molecule has 0 fully saturated rings. The SMILES string of the molecule is COCc1c(F)cc(C)c(F)c1F. The Morgan fingerprint density at radius 2 is 1.85 bits per heavy atom. The second-order valence-corrected chi connectivity index (χ2v) is 2.71. The van der Waals surface area contributed by atoms with Crippen LogP contribution in [0.5, 0.6) is 0 Å². The minimum absolute atomic E-state index is 0.0464. The monoisotopic (exact) mass is 190 g/mol. The zero-order valence-electron chi connectivity index (χ0n) is 7.33. The van der Waals surface area contributed by atoms with Crippen molar-refractivity contribution in [1.82, 2.24) is 0 Å². The summed E-state index contributed by atoms with van der Waals surface area (Å²) in [6.07, 6.45) is 0. The third kappa shape index (κ3) is 1.83. The number of ether oxygens (including phenoxy) is 1. The molecule has 1 nitrogen and oxygen atoms in total. The van der Waals surface area contributed by atoms with Crippen LogP contribution in [0, 0.1) is 24.4 Å². The summed E-state index contributed by atoms with van der Waals surface area (Å²) in [6.45, 7) is 1.03. The maximum absolute atomic E-state index is 13.0. The largest absolute Gasteiger partial charge is 0.380 e. The highest BCUT2D eigenvalue weighted by atomic mass is 19.2. The zero-order valence-corrected chi connectivity index (χ0v) is 7.33. The number of aryl methyl sites for hydroxylation is 1. The number of halogens is 3. The van der Waals surface area contributed by atoms with Crippen LogP contribution in [-0.4, -0.2) is 7.11 Å². The van der Waals surface area contributed by atoms with E-state index in [1.165, 1.54) is 14.0 Å². The molecule has 72 valence electrons. The second kappa shape index (κ2) is 3.79. The van der Waals surface area contributed by atoms with Gasteiger partial charge in [-0.15, -0.1) is 0 Å². The highest BCUT2D eigenvalue weighted by Crippen LogP contribution is 2.19. The van der Waals surface area contributed by atoms with E-state index in [4.69, 9.17) is 0 Å². The Hall–Kier alpha value is -1.03. The lowest BCUT2D eigenvalue weighted by molar-refractivity contribution is 0.176. The minimum Gasteiger partial charge on any atom is -0.380 e. The molecule has 0 atom stereocenters. The van der Waals surface area contributed by atoms with Crippen molar-refractivity contribution in [1.29, 1.82) is 0 Å². The fourth-order valence-electron chi connectivity index (χ4n) is 1.03. The van der Waals surface area contributed by atoms with E-state index in [-0.39, 0.29) is 17.7 Å². The maximum atomic E-state index is 13.0. The predicted octanol–water partition coefficient (Wildman–Crippen LogP) is 2.56. The predicted molar refractivity (Wildman–Crippen MR) is 41.8 cm³/mol. The van der Waals surface area contributed by atoms with Crippen molar-refractivity contribution in [3.63, 3.8) is 0 Å². The van der Waals surface area contributed by atoms with Crippen LogP contribution in [0.2, 0.25) is 0 Å². The molecule has 0 N–H and O–H groups in total. The van der Waals surface area contributed by atoms with Crippen molar-refractivity contribution in [3.8, 4) is 0 Å². The first kappa shape index (κ1) is 10.1. The Balaban J connectivity index is 3.26. The summed E-state index contributed by atoms with van der Waals surface area (Å²) < 4.78 is 43.4. The number of rotatable bonds is 2. The van der Waals surface area contributed by atoms with Crippen molar-refractivity contribution in [2.24, 2.45) is 0 Å². The van der Waals surface area contributed by atoms with Gasteiger partial charge in [0.1, 0.15) is 5.82 Å². The maximum Gasteiger partial charge on any atom is 0.167 e. The van der Waals surface area contributed by atoms with Gasteiger partial charge in [0.2, 0.25) is 0 Å². The first-order chi connectivity index (χ1) is 6.07. The van der Waals surface area contributed by atoms with Gasteiger partial charge >= 0.3 is 0 Å². The zero-order chi connectivity index (χ0) is 10.0. The normalized spacial score (nSPS) is 10.5. The molecule has 0 aliphatic carbocycles. The average molecular weight is 190 g/mol. The molecule has 0 amide bonds. The summed E-state index contributed by atoms with van der Waals surface area (Å²) in [4.78, 5) is 0. The molecule has 0 aliphatic heterocycles. The van der Waals surface area contributed by atoms with E-state index in [1.54, 1.807) is 0 Å². The van der Waals surface area contributed by atoms with Crippen LogP contribution in [0.4, 0.5) is 13.2 Å². The fraction of sp³-hybridized carbons (Fsp3) is 0.333. The van der Waals surface area contributed by atoms with Crippen LogP contribution < -0.4 is 0 Å². The Labute approximate surface area is 74.1 Å². The van der Waals surface area contributed by atoms with Crippen LogP contribution in [0.15, 0.2) is 6.07 Å². The van der Waals surface area contributed by atoms with Crippen LogP contribution >= 0.6 is 0 Å². The Bertz CT molecular complexity index is 323. The number of benzene rings is 1. The summed E-state index contributed by atoms with van der Waals surface area (Å²) in [5.41, 5.74) is -0.416. The topological polar surface area (TPSA) is 9.23 Å². The van der Waals surface area contributed by atoms with Crippen LogP contribution in [0.3, 0.4) is 0 Å². The number of hydrogen-bond donors (Lipinski definition) is 0. The summed E-state index contributed by atoms with van der Waals surface area (Å²) in [5.74, 6) is -2.97. The van der Waals surface area contributed by atoms with E-state index in [0.29, 0.717) is 0 Å². The van der Waals surface area contributed by atoms with Crippen LogP contribution in [0.1, 0.15) is 11.1 Å². The Kier molecular flexibility index (Phi) is 2.93. The van der Waals surface area contributed by atoms with Crippen LogP contribution in [-0.2, 0) is 11.3 Å². The molecule has 1 rings (SSSR count). The van der Waals surface area contributed by atoms with Crippen molar-refractivity contribution in [2.75, 3.05) is 7.11 Å². The summed E-state index contributed by atoms with van der Waals surface area (Å²) >= 11 is 0. The van der Waals surface area contributed by atoms with Gasteiger partial charge in [-0.3, -0.25) is 0 Å². The molecular weight excluding hydrogens is 181 g/mol. The second-order valence-electron chi connectivity index (χ2n) is 2.71. The van der Waals surface area contributed by atoms with Gasteiger partial charge in [-0.1, -0.05) is 0 Å². The van der Waals surface area contributed by atoms with E-state index in [2.05, 4.69) is 4.74 Å².